The Bertz CT molecular complexity index is 406. The molecule has 2 atom stereocenters. The summed E-state index contributed by atoms with van der Waals surface area (Å²) in [5, 5.41) is 3.52. The molecule has 0 radical (unpaired) electrons. The fraction of sp³-hybridized carbons (Fsp3) is 0.947. The zero-order valence-electron chi connectivity index (χ0n) is 16.9. The highest BCUT2D eigenvalue weighted by molar-refractivity contribution is 14.0. The van der Waals surface area contributed by atoms with E-state index in [1.165, 1.54) is 25.7 Å². The van der Waals surface area contributed by atoms with Gasteiger partial charge in [-0.15, -0.1) is 24.0 Å². The first-order chi connectivity index (χ1) is 11.5. The maximum atomic E-state index is 5.67. The van der Waals surface area contributed by atoms with Crippen LogP contribution in [0.4, 0.5) is 0 Å². The van der Waals surface area contributed by atoms with Crippen LogP contribution in [0.15, 0.2) is 4.99 Å². The summed E-state index contributed by atoms with van der Waals surface area (Å²) in [4.78, 5) is 9.84. The molecule has 0 aromatic heterocycles. The van der Waals surface area contributed by atoms with Crippen molar-refractivity contribution in [1.29, 1.82) is 0 Å². The van der Waals surface area contributed by atoms with Gasteiger partial charge in [0.25, 0.3) is 0 Å². The van der Waals surface area contributed by atoms with Gasteiger partial charge in [-0.1, -0.05) is 26.7 Å². The van der Waals surface area contributed by atoms with Gasteiger partial charge < -0.3 is 19.9 Å². The fourth-order valence-corrected chi connectivity index (χ4v) is 4.26. The van der Waals surface area contributed by atoms with Gasteiger partial charge in [0.05, 0.1) is 13.2 Å². The highest BCUT2D eigenvalue weighted by atomic mass is 127. The highest BCUT2D eigenvalue weighted by Crippen LogP contribution is 2.38. The van der Waals surface area contributed by atoms with Crippen LogP contribution in [0.5, 0.6) is 0 Å². The standard InChI is InChI=1S/C19H38N4O.HI/c1-6-16(7-2)17(22(4)5)13-21-18(20-8-3)23-11-9-19(14-23)10-12-24-15-19;/h16-17H,6-15H2,1-5H3,(H,20,21);1H. The Morgan fingerprint density at radius 2 is 1.96 bits per heavy atom. The van der Waals surface area contributed by atoms with E-state index in [0.717, 1.165) is 45.4 Å². The number of aliphatic imine (C=N–C) groups is 1. The quantitative estimate of drug-likeness (QED) is 0.356. The molecule has 0 aromatic rings. The lowest BCUT2D eigenvalue weighted by Crippen LogP contribution is -2.43. The second kappa shape index (κ2) is 10.9. The molecule has 2 rings (SSSR count). The Kier molecular flexibility index (Phi) is 10.0. The van der Waals surface area contributed by atoms with Gasteiger partial charge in [0.15, 0.2) is 5.96 Å². The minimum absolute atomic E-state index is 0. The first-order valence-electron chi connectivity index (χ1n) is 9.82. The molecule has 2 fully saturated rings. The number of halogens is 1. The summed E-state index contributed by atoms with van der Waals surface area (Å²) in [5.74, 6) is 1.80. The molecule has 0 saturated carbocycles. The summed E-state index contributed by atoms with van der Waals surface area (Å²) in [7, 11) is 4.37. The van der Waals surface area contributed by atoms with Crippen molar-refractivity contribution < 1.29 is 4.74 Å². The van der Waals surface area contributed by atoms with Crippen molar-refractivity contribution in [2.45, 2.75) is 52.5 Å². The van der Waals surface area contributed by atoms with E-state index < -0.39 is 0 Å². The maximum Gasteiger partial charge on any atom is 0.193 e. The van der Waals surface area contributed by atoms with Crippen LogP contribution < -0.4 is 5.32 Å². The van der Waals surface area contributed by atoms with Crippen molar-refractivity contribution in [3.05, 3.63) is 0 Å². The van der Waals surface area contributed by atoms with Crippen LogP contribution in [-0.2, 0) is 4.74 Å². The lowest BCUT2D eigenvalue weighted by Gasteiger charge is -2.31. The van der Waals surface area contributed by atoms with Crippen molar-refractivity contribution in [2.24, 2.45) is 16.3 Å². The molecule has 0 amide bonds. The van der Waals surface area contributed by atoms with Crippen LogP contribution in [0.1, 0.15) is 46.5 Å². The van der Waals surface area contributed by atoms with Crippen molar-refractivity contribution in [3.63, 3.8) is 0 Å². The molecule has 0 bridgehead atoms. The number of nitrogens with zero attached hydrogens (tertiary/aromatic N) is 3. The summed E-state index contributed by atoms with van der Waals surface area (Å²) in [5.41, 5.74) is 0.381. The Labute approximate surface area is 172 Å². The Hall–Kier alpha value is -0.0800. The van der Waals surface area contributed by atoms with Crippen LogP contribution in [0, 0.1) is 11.3 Å². The largest absolute Gasteiger partial charge is 0.381 e. The molecule has 0 aromatic carbocycles. The summed E-state index contributed by atoms with van der Waals surface area (Å²) in [6.07, 6.45) is 4.88. The average molecular weight is 466 g/mol. The van der Waals surface area contributed by atoms with E-state index in [9.17, 15) is 0 Å². The van der Waals surface area contributed by atoms with E-state index >= 15 is 0 Å². The third kappa shape index (κ3) is 5.96. The minimum atomic E-state index is 0. The molecule has 148 valence electrons. The Balaban J connectivity index is 0.00000312. The van der Waals surface area contributed by atoms with Gasteiger partial charge in [-0.3, -0.25) is 4.99 Å². The van der Waals surface area contributed by atoms with Gasteiger partial charge in [-0.25, -0.2) is 0 Å². The van der Waals surface area contributed by atoms with Gasteiger partial charge in [0.2, 0.25) is 0 Å². The number of rotatable bonds is 7. The molecular formula is C19H39IN4O. The van der Waals surface area contributed by atoms with Gasteiger partial charge in [-0.2, -0.15) is 0 Å². The zero-order chi connectivity index (χ0) is 17.6. The smallest absolute Gasteiger partial charge is 0.193 e. The molecule has 2 unspecified atom stereocenters. The maximum absolute atomic E-state index is 5.67. The first kappa shape index (κ1) is 23.0. The third-order valence-corrected chi connectivity index (χ3v) is 5.94. The van der Waals surface area contributed by atoms with Crippen molar-refractivity contribution in [2.75, 3.05) is 53.5 Å². The van der Waals surface area contributed by atoms with Crippen molar-refractivity contribution in [1.82, 2.24) is 15.1 Å². The third-order valence-electron chi connectivity index (χ3n) is 5.94. The van der Waals surface area contributed by atoms with E-state index in [1.54, 1.807) is 0 Å². The van der Waals surface area contributed by atoms with Crippen molar-refractivity contribution >= 4 is 29.9 Å². The summed E-state index contributed by atoms with van der Waals surface area (Å²) < 4.78 is 5.67. The van der Waals surface area contributed by atoms with Crippen molar-refractivity contribution in [3.8, 4) is 0 Å². The predicted molar refractivity (Wildman–Crippen MR) is 117 cm³/mol. The summed E-state index contributed by atoms with van der Waals surface area (Å²) in [6, 6.07) is 0.514. The van der Waals surface area contributed by atoms with E-state index in [4.69, 9.17) is 9.73 Å². The molecule has 1 N–H and O–H groups in total. The van der Waals surface area contributed by atoms with Crippen LogP contribution >= 0.6 is 24.0 Å². The van der Waals surface area contributed by atoms with Crippen LogP contribution in [0.2, 0.25) is 0 Å². The molecule has 0 aliphatic carbocycles. The number of guanidine groups is 1. The number of hydrogen-bond acceptors (Lipinski definition) is 3. The van der Waals surface area contributed by atoms with Gasteiger partial charge in [0, 0.05) is 37.7 Å². The normalized spacial score (nSPS) is 25.1. The van der Waals surface area contributed by atoms with E-state index in [1.807, 2.05) is 0 Å². The van der Waals surface area contributed by atoms with Crippen LogP contribution in [-0.4, -0.2) is 75.3 Å². The molecule has 2 heterocycles. The minimum Gasteiger partial charge on any atom is -0.381 e. The van der Waals surface area contributed by atoms with Gasteiger partial charge in [0.1, 0.15) is 0 Å². The number of hydrogen-bond donors (Lipinski definition) is 1. The SMILES string of the molecule is CCNC(=NCC(C(CC)CC)N(C)C)N1CCC2(CCOC2)C1.I. The average Bonchev–Trinajstić information content (AvgIpc) is 3.20. The lowest BCUT2D eigenvalue weighted by atomic mass is 9.87. The Morgan fingerprint density at radius 1 is 1.24 bits per heavy atom. The van der Waals surface area contributed by atoms with E-state index in [2.05, 4.69) is 50.0 Å². The molecule has 2 aliphatic heterocycles. The number of nitrogens with one attached hydrogen (secondary N) is 1. The molecule has 2 aliphatic rings. The molecule has 25 heavy (non-hydrogen) atoms. The predicted octanol–water partition coefficient (Wildman–Crippen LogP) is 3.05. The van der Waals surface area contributed by atoms with E-state index in [0.29, 0.717) is 17.4 Å². The Morgan fingerprint density at radius 3 is 2.48 bits per heavy atom. The summed E-state index contributed by atoms with van der Waals surface area (Å²) >= 11 is 0. The number of likely N-dealkylation sites (tertiary alicyclic amines) is 1. The summed E-state index contributed by atoms with van der Waals surface area (Å²) in [6.45, 7) is 12.6. The van der Waals surface area contributed by atoms with Gasteiger partial charge in [-0.05, 0) is 39.8 Å². The molecule has 1 spiro atoms. The fourth-order valence-electron chi connectivity index (χ4n) is 4.26. The highest BCUT2D eigenvalue weighted by Gasteiger charge is 2.42. The van der Waals surface area contributed by atoms with E-state index in [-0.39, 0.29) is 24.0 Å². The zero-order valence-corrected chi connectivity index (χ0v) is 19.2. The van der Waals surface area contributed by atoms with Crippen LogP contribution in [0.3, 0.4) is 0 Å². The monoisotopic (exact) mass is 466 g/mol. The second-order valence-corrected chi connectivity index (χ2v) is 7.78. The first-order valence-corrected chi connectivity index (χ1v) is 9.82. The molecule has 5 nitrogen and oxygen atoms in total. The second-order valence-electron chi connectivity index (χ2n) is 7.78. The number of likely N-dealkylation sites (N-methyl/N-ethyl adjacent to an activating group) is 1. The molecule has 2 saturated heterocycles. The lowest BCUT2D eigenvalue weighted by molar-refractivity contribution is 0.156. The topological polar surface area (TPSA) is 40.1 Å². The van der Waals surface area contributed by atoms with Gasteiger partial charge >= 0.3 is 0 Å². The molecule has 6 heteroatoms. The number of ether oxygens (including phenoxy) is 1. The molecular weight excluding hydrogens is 427 g/mol. The van der Waals surface area contributed by atoms with Crippen LogP contribution in [0.25, 0.3) is 0 Å².